The molecule has 0 atom stereocenters. The highest BCUT2D eigenvalue weighted by molar-refractivity contribution is 9.10. The Kier molecular flexibility index (Phi) is 5.21. The van der Waals surface area contributed by atoms with E-state index in [0.29, 0.717) is 5.04 Å². The quantitative estimate of drug-likeness (QED) is 0.693. The molecule has 3 heteroatoms. The maximum absolute atomic E-state index is 6.20. The molecule has 1 aromatic carbocycles. The minimum atomic E-state index is -0.704. The van der Waals surface area contributed by atoms with E-state index in [-0.39, 0.29) is 5.60 Å². The molecule has 0 aliphatic heterocycles. The average Bonchev–Trinajstić information content (AvgIpc) is 2.27. The summed E-state index contributed by atoms with van der Waals surface area (Å²) in [5.41, 5.74) is 1.01. The van der Waals surface area contributed by atoms with Gasteiger partial charge in [0.25, 0.3) is 0 Å². The third kappa shape index (κ3) is 4.21. The zero-order valence-electron chi connectivity index (χ0n) is 12.4. The number of hydrogen-bond acceptors (Lipinski definition) is 1. The summed E-state index contributed by atoms with van der Waals surface area (Å²) < 4.78 is 7.31. The molecule has 0 saturated heterocycles. The number of rotatable bonds is 5. The lowest BCUT2D eigenvalue weighted by Crippen LogP contribution is -2.31. The Hall–Kier alpha value is -0.123. The van der Waals surface area contributed by atoms with Gasteiger partial charge >= 0.3 is 0 Å². The normalized spacial score (nSPS) is 13.1. The van der Waals surface area contributed by atoms with Gasteiger partial charge in [-0.15, -0.1) is 0 Å². The number of benzene rings is 1. The van der Waals surface area contributed by atoms with Crippen LogP contribution in [0.2, 0.25) is 18.1 Å². The first-order valence-corrected chi connectivity index (χ1v) is 10.2. The molecule has 0 bridgehead atoms. The van der Waals surface area contributed by atoms with Crippen molar-refractivity contribution in [1.82, 2.24) is 0 Å². The molecule has 0 aliphatic rings. The van der Waals surface area contributed by atoms with E-state index in [1.54, 1.807) is 0 Å². The van der Waals surface area contributed by atoms with Gasteiger partial charge in [-0.25, -0.2) is 0 Å². The van der Waals surface area contributed by atoms with E-state index >= 15 is 0 Å². The summed E-state index contributed by atoms with van der Waals surface area (Å²) in [5, 5.41) is 0.340. The van der Waals surface area contributed by atoms with Crippen molar-refractivity contribution in [3.8, 4) is 0 Å². The number of ether oxygens (including phenoxy) is 1. The Labute approximate surface area is 122 Å². The fourth-order valence-corrected chi connectivity index (χ4v) is 2.15. The molecule has 1 nitrogen and oxygen atoms in total. The van der Waals surface area contributed by atoms with Gasteiger partial charge in [0, 0.05) is 13.3 Å². The van der Waals surface area contributed by atoms with E-state index in [9.17, 15) is 0 Å². The van der Waals surface area contributed by atoms with E-state index < -0.39 is 8.80 Å². The molecule has 0 unspecified atom stereocenters. The smallest absolute Gasteiger partial charge is 0.0875 e. The topological polar surface area (TPSA) is 9.23 Å². The molecule has 0 aromatic heterocycles. The third-order valence-corrected chi connectivity index (χ3v) is 7.73. The Balaban J connectivity index is 2.73. The van der Waals surface area contributed by atoms with E-state index in [1.807, 2.05) is 0 Å². The molecule has 0 heterocycles. The molecule has 0 fully saturated rings. The summed E-state index contributed by atoms with van der Waals surface area (Å²) in [5.74, 6) is 0. The van der Waals surface area contributed by atoms with Crippen LogP contribution in [-0.4, -0.2) is 15.4 Å². The molecule has 18 heavy (non-hydrogen) atoms. The fraction of sp³-hybridized carbons (Fsp3) is 0.600. The Morgan fingerprint density at radius 2 is 1.56 bits per heavy atom. The lowest BCUT2D eigenvalue weighted by molar-refractivity contribution is -0.0325. The molecule has 102 valence electrons. The third-order valence-electron chi connectivity index (χ3n) is 3.91. The Bertz CT molecular complexity index is 382. The summed E-state index contributed by atoms with van der Waals surface area (Å²) in [6.07, 6.45) is 0. The summed E-state index contributed by atoms with van der Waals surface area (Å²) in [4.78, 5) is 0. The van der Waals surface area contributed by atoms with E-state index in [4.69, 9.17) is 4.74 Å². The minimum absolute atomic E-state index is 0.221. The van der Waals surface area contributed by atoms with Gasteiger partial charge < -0.3 is 4.74 Å². The van der Waals surface area contributed by atoms with Crippen LogP contribution in [-0.2, 0) is 10.3 Å². The Morgan fingerprint density at radius 1 is 1.06 bits per heavy atom. The average molecular weight is 329 g/mol. The van der Waals surface area contributed by atoms with E-state index in [0.717, 1.165) is 11.1 Å². The second kappa shape index (κ2) is 5.89. The van der Waals surface area contributed by atoms with Crippen LogP contribution in [0, 0.1) is 0 Å². The highest BCUT2D eigenvalue weighted by atomic mass is 79.9. The predicted octanol–water partition coefficient (Wildman–Crippen LogP) is 4.97. The zero-order valence-corrected chi connectivity index (χ0v) is 15.1. The van der Waals surface area contributed by atoms with Gasteiger partial charge in [-0.05, 0) is 36.6 Å². The first-order valence-electron chi connectivity index (χ1n) is 6.55. The van der Waals surface area contributed by atoms with Gasteiger partial charge in [-0.3, -0.25) is 0 Å². The lowest BCUT2D eigenvalue weighted by atomic mass is 9.98. The number of hydrogen-bond donors (Lipinski definition) is 0. The van der Waals surface area contributed by atoms with Crippen LogP contribution >= 0.6 is 15.9 Å². The van der Waals surface area contributed by atoms with E-state index in [2.05, 4.69) is 81.0 Å². The molecule has 0 amide bonds. The van der Waals surface area contributed by atoms with Crippen LogP contribution < -0.4 is 0 Å². The predicted molar refractivity (Wildman–Crippen MR) is 86.0 cm³/mol. The van der Waals surface area contributed by atoms with Crippen LogP contribution in [0.5, 0.6) is 0 Å². The molecule has 0 aliphatic carbocycles. The summed E-state index contributed by atoms with van der Waals surface area (Å²) in [6, 6.07) is 8.40. The standard InChI is InChI=1S/C15H25BrOSi/c1-14(2,18(5)6)11-17-15(3,4)12-7-9-13(16)10-8-12/h7-10,18H,11H2,1-6H3. The van der Waals surface area contributed by atoms with E-state index in [1.165, 1.54) is 5.56 Å². The molecule has 1 aromatic rings. The summed E-state index contributed by atoms with van der Waals surface area (Å²) in [6.45, 7) is 14.5. The van der Waals surface area contributed by atoms with Crippen molar-refractivity contribution < 1.29 is 4.74 Å². The van der Waals surface area contributed by atoms with Crippen molar-refractivity contribution in [2.24, 2.45) is 0 Å². The van der Waals surface area contributed by atoms with Gasteiger partial charge in [0.2, 0.25) is 0 Å². The zero-order chi connectivity index (χ0) is 14.0. The van der Waals surface area contributed by atoms with Crippen LogP contribution in [0.4, 0.5) is 0 Å². The van der Waals surface area contributed by atoms with Gasteiger partial charge in [0.15, 0.2) is 0 Å². The Morgan fingerprint density at radius 3 is 2.00 bits per heavy atom. The van der Waals surface area contributed by atoms with Gasteiger partial charge in [-0.2, -0.15) is 0 Å². The maximum atomic E-state index is 6.20. The van der Waals surface area contributed by atoms with Gasteiger partial charge in [-0.1, -0.05) is 55.0 Å². The first kappa shape index (κ1) is 15.9. The number of halogens is 1. The highest BCUT2D eigenvalue weighted by Gasteiger charge is 2.29. The van der Waals surface area contributed by atoms with Gasteiger partial charge in [0.05, 0.1) is 12.2 Å². The van der Waals surface area contributed by atoms with Crippen molar-refractivity contribution in [2.75, 3.05) is 6.61 Å². The minimum Gasteiger partial charge on any atom is -0.371 e. The monoisotopic (exact) mass is 328 g/mol. The van der Waals surface area contributed by atoms with Crippen molar-refractivity contribution in [1.29, 1.82) is 0 Å². The van der Waals surface area contributed by atoms with Crippen molar-refractivity contribution in [3.05, 3.63) is 34.3 Å². The van der Waals surface area contributed by atoms with Crippen molar-refractivity contribution in [2.45, 2.75) is 51.4 Å². The lowest BCUT2D eigenvalue weighted by Gasteiger charge is -2.34. The van der Waals surface area contributed by atoms with Crippen LogP contribution in [0.1, 0.15) is 33.3 Å². The van der Waals surface area contributed by atoms with Crippen LogP contribution in [0.25, 0.3) is 0 Å². The summed E-state index contributed by atoms with van der Waals surface area (Å²) >= 11 is 3.47. The second-order valence-electron chi connectivity index (χ2n) is 6.45. The molecule has 0 N–H and O–H groups in total. The van der Waals surface area contributed by atoms with Crippen LogP contribution in [0.3, 0.4) is 0 Å². The molecule has 1 rings (SSSR count). The molecular formula is C15H25BrOSi. The van der Waals surface area contributed by atoms with Gasteiger partial charge in [0.1, 0.15) is 0 Å². The molecule has 0 radical (unpaired) electrons. The van der Waals surface area contributed by atoms with Crippen molar-refractivity contribution in [3.63, 3.8) is 0 Å². The fourth-order valence-electron chi connectivity index (χ4n) is 1.47. The molecular weight excluding hydrogens is 304 g/mol. The summed E-state index contributed by atoms with van der Waals surface area (Å²) in [7, 11) is -0.704. The van der Waals surface area contributed by atoms with Crippen LogP contribution in [0.15, 0.2) is 28.7 Å². The maximum Gasteiger partial charge on any atom is 0.0875 e. The van der Waals surface area contributed by atoms with Crippen molar-refractivity contribution >= 4 is 24.7 Å². The molecule has 0 spiro atoms. The first-order chi connectivity index (χ1) is 8.15. The largest absolute Gasteiger partial charge is 0.371 e. The SMILES string of the molecule is C[SiH](C)C(C)(C)COC(C)(C)c1ccc(Br)cc1. The highest BCUT2D eigenvalue weighted by Crippen LogP contribution is 2.33. The second-order valence-corrected chi connectivity index (χ2v) is 11.2. The molecule has 0 saturated carbocycles.